The number of ketones is 1. The molecule has 2 aromatic carbocycles. The molecular weight excluding hydrogens is 368 g/mol. The van der Waals surface area contributed by atoms with Crippen molar-refractivity contribution in [2.75, 3.05) is 7.11 Å². The number of pyridine rings is 1. The fourth-order valence-corrected chi connectivity index (χ4v) is 3.63. The van der Waals surface area contributed by atoms with Gasteiger partial charge < -0.3 is 13.9 Å². The number of hydrogen-bond donors (Lipinski definition) is 0. The van der Waals surface area contributed by atoms with Crippen LogP contribution < -0.4 is 5.56 Å². The second-order valence-electron chi connectivity index (χ2n) is 6.88. The molecule has 0 unspecified atom stereocenters. The van der Waals surface area contributed by atoms with E-state index in [1.165, 1.54) is 7.11 Å². The average Bonchev–Trinajstić information content (AvgIpc) is 3.14. The summed E-state index contributed by atoms with van der Waals surface area (Å²) in [4.78, 5) is 37.3. The number of aryl methyl sites for hydroxylation is 1. The van der Waals surface area contributed by atoms with Crippen LogP contribution in [0, 0.1) is 0 Å². The molecule has 29 heavy (non-hydrogen) atoms. The van der Waals surface area contributed by atoms with E-state index in [1.807, 2.05) is 54.6 Å². The summed E-state index contributed by atoms with van der Waals surface area (Å²) >= 11 is 0. The molecule has 146 valence electrons. The number of para-hydroxylation sites is 2. The number of hydrogen-bond acceptors (Lipinski definition) is 4. The number of methoxy groups -OCH3 is 1. The maximum atomic E-state index is 13.1. The normalized spacial score (nSPS) is 11.1. The van der Waals surface area contributed by atoms with Crippen molar-refractivity contribution in [1.29, 1.82) is 0 Å². The molecule has 0 amide bonds. The lowest BCUT2D eigenvalue weighted by atomic mass is 10.1. The van der Waals surface area contributed by atoms with E-state index in [1.54, 1.807) is 22.4 Å². The van der Waals surface area contributed by atoms with Crippen molar-refractivity contribution in [3.63, 3.8) is 0 Å². The monoisotopic (exact) mass is 388 g/mol. The molecule has 0 radical (unpaired) electrons. The maximum absolute atomic E-state index is 13.1. The molecule has 0 spiro atoms. The Balaban J connectivity index is 1.89. The number of aromatic nitrogens is 2. The van der Waals surface area contributed by atoms with E-state index in [0.717, 1.165) is 21.8 Å². The van der Waals surface area contributed by atoms with Gasteiger partial charge in [0.15, 0.2) is 5.78 Å². The van der Waals surface area contributed by atoms with Crippen LogP contribution in [0.4, 0.5) is 0 Å². The highest BCUT2D eigenvalue weighted by Gasteiger charge is 2.19. The molecule has 0 aliphatic carbocycles. The van der Waals surface area contributed by atoms with Crippen LogP contribution >= 0.6 is 0 Å². The molecule has 0 fully saturated rings. The number of carbonyl (C=O) groups is 2. The molecule has 2 aromatic heterocycles. The quantitative estimate of drug-likeness (QED) is 0.387. The number of ether oxygens (including phenoxy) is 1. The van der Waals surface area contributed by atoms with Crippen molar-refractivity contribution in [2.45, 2.75) is 12.8 Å². The first kappa shape index (κ1) is 18.7. The van der Waals surface area contributed by atoms with Crippen LogP contribution in [0.1, 0.15) is 23.2 Å². The Kier molecular flexibility index (Phi) is 4.76. The molecule has 4 rings (SSSR count). The Morgan fingerprint density at radius 3 is 2.41 bits per heavy atom. The minimum absolute atomic E-state index is 0.0204. The second kappa shape index (κ2) is 7.39. The third kappa shape index (κ3) is 3.23. The minimum atomic E-state index is -0.425. The summed E-state index contributed by atoms with van der Waals surface area (Å²) in [5.74, 6) is -0.589. The third-order valence-electron chi connectivity index (χ3n) is 5.17. The highest BCUT2D eigenvalue weighted by molar-refractivity contribution is 6.09. The number of esters is 1. The number of carbonyl (C=O) groups excluding carboxylic acids is 2. The summed E-state index contributed by atoms with van der Waals surface area (Å²) in [5, 5.41) is 1.68. The van der Waals surface area contributed by atoms with Gasteiger partial charge in [0, 0.05) is 36.0 Å². The number of rotatable bonds is 5. The molecule has 0 saturated carbocycles. The van der Waals surface area contributed by atoms with Crippen molar-refractivity contribution >= 4 is 33.6 Å². The van der Waals surface area contributed by atoms with Crippen LogP contribution in [0.25, 0.3) is 27.5 Å². The average molecular weight is 388 g/mol. The predicted molar refractivity (Wildman–Crippen MR) is 112 cm³/mol. The van der Waals surface area contributed by atoms with Crippen LogP contribution in [0.5, 0.6) is 0 Å². The van der Waals surface area contributed by atoms with E-state index in [-0.39, 0.29) is 24.2 Å². The molecule has 0 aliphatic heterocycles. The van der Waals surface area contributed by atoms with Gasteiger partial charge in [-0.15, -0.1) is 0 Å². The van der Waals surface area contributed by atoms with Crippen molar-refractivity contribution in [1.82, 2.24) is 9.13 Å². The maximum Gasteiger partial charge on any atom is 0.305 e. The van der Waals surface area contributed by atoms with Gasteiger partial charge in [0.05, 0.1) is 24.6 Å². The Morgan fingerprint density at radius 2 is 1.66 bits per heavy atom. The second-order valence-corrected chi connectivity index (χ2v) is 6.88. The summed E-state index contributed by atoms with van der Waals surface area (Å²) in [6.07, 6.45) is 1.76. The summed E-state index contributed by atoms with van der Waals surface area (Å²) in [6, 6.07) is 16.9. The molecule has 6 nitrogen and oxygen atoms in total. The smallest absolute Gasteiger partial charge is 0.305 e. The van der Waals surface area contributed by atoms with Crippen molar-refractivity contribution in [2.24, 2.45) is 7.05 Å². The fraction of sp³-hybridized carbons (Fsp3) is 0.174. The van der Waals surface area contributed by atoms with Crippen molar-refractivity contribution in [3.05, 3.63) is 76.7 Å². The molecule has 0 atom stereocenters. The lowest BCUT2D eigenvalue weighted by molar-refractivity contribution is -0.140. The Morgan fingerprint density at radius 1 is 0.966 bits per heavy atom. The largest absolute Gasteiger partial charge is 0.469 e. The van der Waals surface area contributed by atoms with Crippen molar-refractivity contribution < 1.29 is 14.3 Å². The fourth-order valence-electron chi connectivity index (χ4n) is 3.63. The number of nitrogens with zero attached hydrogens (tertiary/aromatic N) is 2. The standard InChI is InChI=1S/C23H20N2O4/c1-24-18-9-5-3-7-15(18)13-20(23(24)28)25-14-17(16-8-4-6-10-19(16)25)21(26)11-12-22(27)29-2/h3-10,13-14H,11-12H2,1-2H3. The SMILES string of the molecule is COC(=O)CCC(=O)c1cn(-c2cc3ccccc3n(C)c2=O)c2ccccc12. The Hall–Kier alpha value is -3.67. The highest BCUT2D eigenvalue weighted by atomic mass is 16.5. The van der Waals surface area contributed by atoms with Crippen LogP contribution in [0.3, 0.4) is 0 Å². The van der Waals surface area contributed by atoms with E-state index in [9.17, 15) is 14.4 Å². The first-order valence-electron chi connectivity index (χ1n) is 9.30. The molecule has 2 heterocycles. The summed E-state index contributed by atoms with van der Waals surface area (Å²) in [7, 11) is 3.04. The first-order valence-corrected chi connectivity index (χ1v) is 9.30. The van der Waals surface area contributed by atoms with E-state index in [0.29, 0.717) is 11.3 Å². The topological polar surface area (TPSA) is 70.3 Å². The van der Waals surface area contributed by atoms with Gasteiger partial charge in [-0.2, -0.15) is 0 Å². The Labute approximate surface area is 166 Å². The van der Waals surface area contributed by atoms with E-state index < -0.39 is 5.97 Å². The van der Waals surface area contributed by atoms with Crippen LogP contribution in [-0.4, -0.2) is 28.0 Å². The summed E-state index contributed by atoms with van der Waals surface area (Å²) in [6.45, 7) is 0. The summed E-state index contributed by atoms with van der Waals surface area (Å²) in [5.41, 5.74) is 2.40. The highest BCUT2D eigenvalue weighted by Crippen LogP contribution is 2.26. The molecule has 4 aromatic rings. The van der Waals surface area contributed by atoms with Gasteiger partial charge in [0.25, 0.3) is 5.56 Å². The first-order chi connectivity index (χ1) is 14.0. The molecule has 0 bridgehead atoms. The van der Waals surface area contributed by atoms with Gasteiger partial charge >= 0.3 is 5.97 Å². The van der Waals surface area contributed by atoms with Crippen LogP contribution in [-0.2, 0) is 16.6 Å². The lowest BCUT2D eigenvalue weighted by Crippen LogP contribution is -2.22. The van der Waals surface area contributed by atoms with E-state index >= 15 is 0 Å². The van der Waals surface area contributed by atoms with E-state index in [2.05, 4.69) is 4.74 Å². The van der Waals surface area contributed by atoms with Crippen LogP contribution in [0.15, 0.2) is 65.6 Å². The van der Waals surface area contributed by atoms with Gasteiger partial charge in [-0.3, -0.25) is 14.4 Å². The van der Waals surface area contributed by atoms with E-state index in [4.69, 9.17) is 0 Å². The zero-order valence-electron chi connectivity index (χ0n) is 16.2. The molecule has 0 aliphatic rings. The van der Waals surface area contributed by atoms with Gasteiger partial charge in [0.1, 0.15) is 5.69 Å². The van der Waals surface area contributed by atoms with Crippen molar-refractivity contribution in [3.8, 4) is 5.69 Å². The lowest BCUT2D eigenvalue weighted by Gasteiger charge is -2.10. The van der Waals surface area contributed by atoms with Gasteiger partial charge in [-0.05, 0) is 18.2 Å². The number of Topliss-reactive ketones (excluding diaryl/α,β-unsaturated/α-hetero) is 1. The predicted octanol–water partition coefficient (Wildman–Crippen LogP) is 3.62. The Bertz CT molecular complexity index is 1310. The molecule has 6 heteroatoms. The molecular formula is C23H20N2O4. The number of fused-ring (bicyclic) bond motifs is 2. The molecule has 0 saturated heterocycles. The molecule has 0 N–H and O–H groups in total. The van der Waals surface area contributed by atoms with Crippen LogP contribution in [0.2, 0.25) is 0 Å². The van der Waals surface area contributed by atoms with Gasteiger partial charge in [-0.25, -0.2) is 0 Å². The number of benzene rings is 2. The van der Waals surface area contributed by atoms with Gasteiger partial charge in [0.2, 0.25) is 0 Å². The summed E-state index contributed by atoms with van der Waals surface area (Å²) < 4.78 is 8.00. The zero-order valence-corrected chi connectivity index (χ0v) is 16.2. The minimum Gasteiger partial charge on any atom is -0.469 e. The zero-order chi connectivity index (χ0) is 20.5. The third-order valence-corrected chi connectivity index (χ3v) is 5.17. The van der Waals surface area contributed by atoms with Gasteiger partial charge in [-0.1, -0.05) is 36.4 Å².